The van der Waals surface area contributed by atoms with E-state index < -0.39 is 0 Å². The van der Waals surface area contributed by atoms with Gasteiger partial charge in [0.15, 0.2) is 0 Å². The Morgan fingerprint density at radius 3 is 1.47 bits per heavy atom. The van der Waals surface area contributed by atoms with Crippen molar-refractivity contribution in [3.63, 3.8) is 0 Å². The van der Waals surface area contributed by atoms with E-state index in [0.29, 0.717) is 0 Å². The molecule has 2 saturated carbocycles. The van der Waals surface area contributed by atoms with Crippen molar-refractivity contribution in [3.05, 3.63) is 0 Å². The fraction of sp³-hybridized carbons (Fsp3) is 1.00. The van der Waals surface area contributed by atoms with Crippen LogP contribution in [0.15, 0.2) is 0 Å². The summed E-state index contributed by atoms with van der Waals surface area (Å²) in [6, 6.07) is 0. The molecule has 0 N–H and O–H groups in total. The minimum Gasteiger partial charge on any atom is -0.0625 e. The van der Waals surface area contributed by atoms with Crippen LogP contribution in [0, 0.1) is 11.8 Å². The van der Waals surface area contributed by atoms with Gasteiger partial charge in [-0.1, -0.05) is 65.2 Å². The predicted octanol–water partition coefficient (Wildman–Crippen LogP) is 4.69. The molecule has 4 atom stereocenters. The van der Waals surface area contributed by atoms with Crippen molar-refractivity contribution in [1.29, 1.82) is 0 Å². The Balaban J connectivity index is 1.83. The Kier molecular flexibility index (Phi) is 4.30. The Hall–Kier alpha value is 0.217. The summed E-state index contributed by atoms with van der Waals surface area (Å²) in [5, 5.41) is 0. The van der Waals surface area contributed by atoms with Gasteiger partial charge in [0.2, 0.25) is 0 Å². The lowest BCUT2D eigenvalue weighted by molar-refractivity contribution is 0.353. The summed E-state index contributed by atoms with van der Waals surface area (Å²) in [4.78, 5) is 0. The lowest BCUT2D eigenvalue weighted by Crippen LogP contribution is -2.25. The molecule has 2 radical (unpaired) electrons. The third-order valence-corrected chi connectivity index (χ3v) is 7.22. The van der Waals surface area contributed by atoms with Crippen molar-refractivity contribution in [2.45, 2.75) is 76.3 Å². The molecule has 2 aliphatic carbocycles. The first-order valence-corrected chi connectivity index (χ1v) is 8.19. The van der Waals surface area contributed by atoms with Gasteiger partial charge in [0.05, 0.1) is 0 Å². The van der Waals surface area contributed by atoms with Crippen molar-refractivity contribution in [2.24, 2.45) is 11.8 Å². The van der Waals surface area contributed by atoms with Gasteiger partial charge in [-0.3, -0.25) is 0 Å². The van der Waals surface area contributed by atoms with E-state index in [-0.39, 0.29) is 0 Å². The molecule has 0 nitrogen and oxygen atoms in total. The van der Waals surface area contributed by atoms with Gasteiger partial charge < -0.3 is 0 Å². The standard InChI is InChI=1S/C14H26Si/c1-11-7-3-5-9-13(11)15-14-10-6-4-8-12(14)2/h11-14H,3-10H2,1-2H3. The molecule has 0 aromatic heterocycles. The largest absolute Gasteiger partial charge is 0.0625 e. The Labute approximate surface area is 98.0 Å². The summed E-state index contributed by atoms with van der Waals surface area (Å²) in [6.07, 6.45) is 12.2. The van der Waals surface area contributed by atoms with E-state index in [1.807, 2.05) is 0 Å². The van der Waals surface area contributed by atoms with Crippen LogP contribution >= 0.6 is 0 Å². The lowest BCUT2D eigenvalue weighted by Gasteiger charge is -2.35. The van der Waals surface area contributed by atoms with Crippen molar-refractivity contribution in [3.8, 4) is 0 Å². The van der Waals surface area contributed by atoms with Crippen LogP contribution in [-0.4, -0.2) is 9.52 Å². The van der Waals surface area contributed by atoms with Crippen LogP contribution in [0.25, 0.3) is 0 Å². The topological polar surface area (TPSA) is 0 Å². The van der Waals surface area contributed by atoms with E-state index in [1.54, 1.807) is 12.8 Å². The quantitative estimate of drug-likeness (QED) is 0.595. The molecule has 4 unspecified atom stereocenters. The average Bonchev–Trinajstić information content (AvgIpc) is 2.24. The van der Waals surface area contributed by atoms with Gasteiger partial charge in [-0.05, 0) is 22.9 Å². The van der Waals surface area contributed by atoms with Crippen LogP contribution in [-0.2, 0) is 0 Å². The van der Waals surface area contributed by atoms with Crippen molar-refractivity contribution >= 4 is 9.52 Å². The smallest absolute Gasteiger partial charge is 0.0454 e. The third-order valence-electron chi connectivity index (χ3n) is 4.65. The molecule has 0 spiro atoms. The van der Waals surface area contributed by atoms with Gasteiger partial charge in [0.1, 0.15) is 0 Å². The lowest BCUT2D eigenvalue weighted by atomic mass is 9.89. The van der Waals surface area contributed by atoms with E-state index in [2.05, 4.69) is 13.8 Å². The fourth-order valence-corrected chi connectivity index (χ4v) is 5.68. The molecule has 2 rings (SSSR count). The first-order chi connectivity index (χ1) is 7.27. The second-order valence-corrected chi connectivity index (χ2v) is 7.72. The summed E-state index contributed by atoms with van der Waals surface area (Å²) >= 11 is 0. The fourth-order valence-electron chi connectivity index (χ4n) is 3.40. The number of rotatable bonds is 2. The van der Waals surface area contributed by atoms with Crippen LogP contribution in [0.3, 0.4) is 0 Å². The molecule has 86 valence electrons. The van der Waals surface area contributed by atoms with Crippen molar-refractivity contribution in [2.75, 3.05) is 0 Å². The zero-order chi connectivity index (χ0) is 10.7. The zero-order valence-electron chi connectivity index (χ0n) is 10.5. The van der Waals surface area contributed by atoms with E-state index in [0.717, 1.165) is 22.9 Å². The molecule has 2 fully saturated rings. The molecule has 0 aliphatic heterocycles. The van der Waals surface area contributed by atoms with Gasteiger partial charge in [-0.25, -0.2) is 0 Å². The second-order valence-electron chi connectivity index (χ2n) is 5.90. The predicted molar refractivity (Wildman–Crippen MR) is 68.5 cm³/mol. The second kappa shape index (κ2) is 5.52. The minimum absolute atomic E-state index is 1.03. The summed E-state index contributed by atoms with van der Waals surface area (Å²) < 4.78 is 0. The Morgan fingerprint density at radius 1 is 0.667 bits per heavy atom. The number of hydrogen-bond donors (Lipinski definition) is 0. The molecule has 15 heavy (non-hydrogen) atoms. The molecule has 0 aromatic carbocycles. The molecule has 0 saturated heterocycles. The maximum atomic E-state index is 2.50. The van der Waals surface area contributed by atoms with Gasteiger partial charge in [-0.2, -0.15) is 0 Å². The molecule has 1 heteroatoms. The molecule has 0 aromatic rings. The van der Waals surface area contributed by atoms with Crippen molar-refractivity contribution < 1.29 is 0 Å². The SMILES string of the molecule is CC1CCCCC1[Si]C1CCCCC1C. The first-order valence-electron chi connectivity index (χ1n) is 7.03. The van der Waals surface area contributed by atoms with Crippen LogP contribution in [0.4, 0.5) is 0 Å². The number of hydrogen-bond acceptors (Lipinski definition) is 0. The molecular formula is C14H26Si. The molecule has 0 amide bonds. The molecule has 0 heterocycles. The van der Waals surface area contributed by atoms with E-state index in [9.17, 15) is 0 Å². The van der Waals surface area contributed by atoms with E-state index >= 15 is 0 Å². The maximum absolute atomic E-state index is 2.50. The van der Waals surface area contributed by atoms with Gasteiger partial charge >= 0.3 is 0 Å². The first kappa shape index (κ1) is 11.7. The summed E-state index contributed by atoms with van der Waals surface area (Å²) in [5.41, 5.74) is 2.20. The van der Waals surface area contributed by atoms with Crippen LogP contribution in [0.1, 0.15) is 65.2 Å². The average molecular weight is 222 g/mol. The van der Waals surface area contributed by atoms with Crippen LogP contribution in [0.2, 0.25) is 11.1 Å². The molecule has 2 aliphatic rings. The van der Waals surface area contributed by atoms with Gasteiger partial charge in [-0.15, -0.1) is 0 Å². The van der Waals surface area contributed by atoms with Crippen LogP contribution < -0.4 is 0 Å². The highest BCUT2D eigenvalue weighted by Gasteiger charge is 2.29. The Morgan fingerprint density at radius 2 is 1.07 bits per heavy atom. The normalized spacial score (nSPS) is 42.8. The van der Waals surface area contributed by atoms with E-state index in [1.165, 1.54) is 48.0 Å². The van der Waals surface area contributed by atoms with Gasteiger partial charge in [0, 0.05) is 9.52 Å². The zero-order valence-corrected chi connectivity index (χ0v) is 11.5. The molecular weight excluding hydrogens is 196 g/mol. The highest BCUT2D eigenvalue weighted by atomic mass is 28.2. The minimum atomic E-state index is 1.03. The van der Waals surface area contributed by atoms with E-state index in [4.69, 9.17) is 0 Å². The Bertz CT molecular complexity index is 170. The summed E-state index contributed by atoms with van der Waals surface area (Å²) in [5.74, 6) is 2.07. The highest BCUT2D eigenvalue weighted by Crippen LogP contribution is 2.41. The summed E-state index contributed by atoms with van der Waals surface area (Å²) in [7, 11) is 1.29. The molecule has 0 bridgehead atoms. The van der Waals surface area contributed by atoms with Crippen molar-refractivity contribution in [1.82, 2.24) is 0 Å². The summed E-state index contributed by atoms with van der Waals surface area (Å²) in [6.45, 7) is 5.01. The maximum Gasteiger partial charge on any atom is 0.0454 e. The monoisotopic (exact) mass is 222 g/mol. The third kappa shape index (κ3) is 3.09. The van der Waals surface area contributed by atoms with Gasteiger partial charge in [0.25, 0.3) is 0 Å². The highest BCUT2D eigenvalue weighted by molar-refractivity contribution is 6.39. The van der Waals surface area contributed by atoms with Crippen LogP contribution in [0.5, 0.6) is 0 Å².